The number of aromatic nitrogens is 1. The maximum atomic E-state index is 5.55. The molecule has 0 aliphatic rings. The second kappa shape index (κ2) is 7.01. The molecule has 2 aromatic rings. The fourth-order valence-electron chi connectivity index (χ4n) is 2.63. The second-order valence-electron chi connectivity index (χ2n) is 6.03. The lowest BCUT2D eigenvalue weighted by molar-refractivity contribution is 0.0117. The minimum atomic E-state index is -0.0868. The summed E-state index contributed by atoms with van der Waals surface area (Å²) in [6.45, 7) is 7.38. The summed E-state index contributed by atoms with van der Waals surface area (Å²) in [5, 5.41) is 4.84. The zero-order chi connectivity index (χ0) is 15.3. The molecule has 1 N–H and O–H groups in total. The third kappa shape index (κ3) is 4.02. The van der Waals surface area contributed by atoms with Crippen LogP contribution in [0.15, 0.2) is 36.5 Å². The van der Waals surface area contributed by atoms with Gasteiger partial charge in [-0.25, -0.2) is 0 Å². The van der Waals surface area contributed by atoms with Gasteiger partial charge in [-0.3, -0.25) is 4.98 Å². The highest BCUT2D eigenvalue weighted by atomic mass is 16.5. The van der Waals surface area contributed by atoms with Crippen LogP contribution >= 0.6 is 0 Å². The number of nitrogens with one attached hydrogen (secondary N) is 1. The van der Waals surface area contributed by atoms with E-state index in [-0.39, 0.29) is 5.60 Å². The SMILES string of the molecule is CCNC(CCC(C)(C)OC)c1ccnc2ccccc12. The van der Waals surface area contributed by atoms with E-state index in [0.717, 1.165) is 24.9 Å². The molecule has 2 rings (SSSR count). The lowest BCUT2D eigenvalue weighted by Gasteiger charge is -2.27. The third-order valence-corrected chi connectivity index (χ3v) is 4.10. The van der Waals surface area contributed by atoms with E-state index in [4.69, 9.17) is 4.74 Å². The van der Waals surface area contributed by atoms with Crippen LogP contribution in [-0.4, -0.2) is 24.2 Å². The Hall–Kier alpha value is -1.45. The van der Waals surface area contributed by atoms with Gasteiger partial charge in [0.25, 0.3) is 0 Å². The highest BCUT2D eigenvalue weighted by molar-refractivity contribution is 5.82. The first kappa shape index (κ1) is 15.9. The molecular formula is C18H26N2O. The predicted octanol–water partition coefficient (Wildman–Crippen LogP) is 4.09. The molecule has 1 heterocycles. The smallest absolute Gasteiger partial charge is 0.0705 e. The van der Waals surface area contributed by atoms with E-state index in [1.165, 1.54) is 10.9 Å². The molecule has 21 heavy (non-hydrogen) atoms. The maximum Gasteiger partial charge on any atom is 0.0705 e. The molecule has 0 amide bonds. The average molecular weight is 286 g/mol. The first-order valence-electron chi connectivity index (χ1n) is 7.69. The zero-order valence-electron chi connectivity index (χ0n) is 13.5. The summed E-state index contributed by atoms with van der Waals surface area (Å²) in [5.74, 6) is 0. The Balaban J connectivity index is 2.28. The van der Waals surface area contributed by atoms with Gasteiger partial charge in [0.05, 0.1) is 11.1 Å². The number of para-hydroxylation sites is 1. The van der Waals surface area contributed by atoms with Crippen molar-refractivity contribution in [2.75, 3.05) is 13.7 Å². The van der Waals surface area contributed by atoms with Gasteiger partial charge in [0, 0.05) is 24.7 Å². The van der Waals surface area contributed by atoms with Crippen LogP contribution in [0.5, 0.6) is 0 Å². The standard InChI is InChI=1S/C18H26N2O/c1-5-19-17(10-12-18(2,3)21-4)15-11-13-20-16-9-7-6-8-14(15)16/h6-9,11,13,17,19H,5,10,12H2,1-4H3. The van der Waals surface area contributed by atoms with E-state index >= 15 is 0 Å². The third-order valence-electron chi connectivity index (χ3n) is 4.10. The molecule has 3 heteroatoms. The summed E-state index contributed by atoms with van der Waals surface area (Å²) in [7, 11) is 1.78. The molecule has 1 unspecified atom stereocenters. The highest BCUT2D eigenvalue weighted by Crippen LogP contribution is 2.28. The molecule has 0 saturated heterocycles. The van der Waals surface area contributed by atoms with Crippen molar-refractivity contribution in [1.29, 1.82) is 0 Å². The Labute approximate surface area is 127 Å². The average Bonchev–Trinajstić information content (AvgIpc) is 2.51. The van der Waals surface area contributed by atoms with Crippen molar-refractivity contribution >= 4 is 10.9 Å². The van der Waals surface area contributed by atoms with Gasteiger partial charge in [0.2, 0.25) is 0 Å². The molecule has 1 atom stereocenters. The summed E-state index contributed by atoms with van der Waals surface area (Å²) in [5.41, 5.74) is 2.30. The van der Waals surface area contributed by atoms with Crippen LogP contribution in [0.4, 0.5) is 0 Å². The van der Waals surface area contributed by atoms with Crippen molar-refractivity contribution in [3.63, 3.8) is 0 Å². The predicted molar refractivity (Wildman–Crippen MR) is 88.5 cm³/mol. The number of ether oxygens (including phenoxy) is 1. The first-order chi connectivity index (χ1) is 10.1. The van der Waals surface area contributed by atoms with Gasteiger partial charge in [-0.2, -0.15) is 0 Å². The second-order valence-corrected chi connectivity index (χ2v) is 6.03. The molecule has 1 aromatic carbocycles. The summed E-state index contributed by atoms with van der Waals surface area (Å²) >= 11 is 0. The van der Waals surface area contributed by atoms with Gasteiger partial charge in [-0.05, 0) is 50.9 Å². The van der Waals surface area contributed by atoms with Crippen molar-refractivity contribution in [3.8, 4) is 0 Å². The van der Waals surface area contributed by atoms with Gasteiger partial charge in [0.1, 0.15) is 0 Å². The monoisotopic (exact) mass is 286 g/mol. The van der Waals surface area contributed by atoms with Crippen molar-refractivity contribution in [2.45, 2.75) is 45.3 Å². The van der Waals surface area contributed by atoms with E-state index in [0.29, 0.717) is 6.04 Å². The van der Waals surface area contributed by atoms with Crippen LogP contribution < -0.4 is 5.32 Å². The van der Waals surface area contributed by atoms with Crippen LogP contribution in [0.25, 0.3) is 10.9 Å². The largest absolute Gasteiger partial charge is 0.379 e. The minimum Gasteiger partial charge on any atom is -0.379 e. The fourth-order valence-corrected chi connectivity index (χ4v) is 2.63. The minimum absolute atomic E-state index is 0.0868. The normalized spacial score (nSPS) is 13.5. The highest BCUT2D eigenvalue weighted by Gasteiger charge is 2.21. The number of rotatable bonds is 7. The Morgan fingerprint density at radius 1 is 1.24 bits per heavy atom. The molecule has 0 radical (unpaired) electrons. The van der Waals surface area contributed by atoms with E-state index in [9.17, 15) is 0 Å². The number of hydrogen-bond donors (Lipinski definition) is 1. The van der Waals surface area contributed by atoms with E-state index in [2.05, 4.69) is 55.3 Å². The quantitative estimate of drug-likeness (QED) is 0.832. The van der Waals surface area contributed by atoms with Gasteiger partial charge in [0.15, 0.2) is 0 Å². The van der Waals surface area contributed by atoms with Crippen molar-refractivity contribution < 1.29 is 4.74 Å². The van der Waals surface area contributed by atoms with Crippen molar-refractivity contribution in [1.82, 2.24) is 10.3 Å². The molecule has 0 saturated carbocycles. The number of fused-ring (bicyclic) bond motifs is 1. The molecule has 0 bridgehead atoms. The number of methoxy groups -OCH3 is 1. The molecule has 0 fully saturated rings. The number of nitrogens with zero attached hydrogens (tertiary/aromatic N) is 1. The number of hydrogen-bond acceptors (Lipinski definition) is 3. The maximum absolute atomic E-state index is 5.55. The lowest BCUT2D eigenvalue weighted by atomic mass is 9.93. The Kier molecular flexibility index (Phi) is 5.32. The van der Waals surface area contributed by atoms with Gasteiger partial charge in [-0.1, -0.05) is 25.1 Å². The van der Waals surface area contributed by atoms with Gasteiger partial charge >= 0.3 is 0 Å². The zero-order valence-corrected chi connectivity index (χ0v) is 13.5. The summed E-state index contributed by atoms with van der Waals surface area (Å²) in [6.07, 6.45) is 3.96. The van der Waals surface area contributed by atoms with E-state index in [1.54, 1.807) is 7.11 Å². The van der Waals surface area contributed by atoms with Crippen LogP contribution in [0.3, 0.4) is 0 Å². The lowest BCUT2D eigenvalue weighted by Crippen LogP contribution is -2.27. The molecule has 0 aliphatic carbocycles. The Morgan fingerprint density at radius 3 is 2.71 bits per heavy atom. The van der Waals surface area contributed by atoms with Crippen molar-refractivity contribution in [2.24, 2.45) is 0 Å². The van der Waals surface area contributed by atoms with E-state index in [1.807, 2.05) is 12.3 Å². The van der Waals surface area contributed by atoms with Crippen LogP contribution in [-0.2, 0) is 4.74 Å². The molecule has 3 nitrogen and oxygen atoms in total. The first-order valence-corrected chi connectivity index (χ1v) is 7.69. The Morgan fingerprint density at radius 2 is 2.00 bits per heavy atom. The summed E-state index contributed by atoms with van der Waals surface area (Å²) in [6, 6.07) is 10.8. The number of pyridine rings is 1. The summed E-state index contributed by atoms with van der Waals surface area (Å²) < 4.78 is 5.55. The molecule has 1 aromatic heterocycles. The van der Waals surface area contributed by atoms with Crippen LogP contribution in [0.1, 0.15) is 45.2 Å². The van der Waals surface area contributed by atoms with Crippen LogP contribution in [0.2, 0.25) is 0 Å². The van der Waals surface area contributed by atoms with E-state index < -0.39 is 0 Å². The molecular weight excluding hydrogens is 260 g/mol. The van der Waals surface area contributed by atoms with Gasteiger partial charge in [-0.15, -0.1) is 0 Å². The molecule has 0 spiro atoms. The Bertz CT molecular complexity index is 575. The van der Waals surface area contributed by atoms with Crippen LogP contribution in [0, 0.1) is 0 Å². The van der Waals surface area contributed by atoms with Crippen molar-refractivity contribution in [3.05, 3.63) is 42.1 Å². The molecule has 0 aliphatic heterocycles. The fraction of sp³-hybridized carbons (Fsp3) is 0.500. The topological polar surface area (TPSA) is 34.1 Å². The summed E-state index contributed by atoms with van der Waals surface area (Å²) in [4.78, 5) is 4.46. The van der Waals surface area contributed by atoms with Gasteiger partial charge < -0.3 is 10.1 Å². The molecule has 114 valence electrons. The number of benzene rings is 1.